The highest BCUT2D eigenvalue weighted by Crippen LogP contribution is 2.65. The number of imide groups is 1. The zero-order valence-corrected chi connectivity index (χ0v) is 14.9. The van der Waals surface area contributed by atoms with E-state index in [1.165, 1.54) is 4.90 Å². The number of hydrogen-bond donors (Lipinski definition) is 1. The van der Waals surface area contributed by atoms with Crippen molar-refractivity contribution in [3.8, 4) is 0 Å². The van der Waals surface area contributed by atoms with Gasteiger partial charge in [0.15, 0.2) is 0 Å². The number of nitrogens with one attached hydrogen (secondary N) is 1. The predicted molar refractivity (Wildman–Crippen MR) is 96.0 cm³/mol. The SMILES string of the molecule is Cc1cc(C)cc(NC(=O)CN2C(=O)[C@H]3[C@@H]4C=C[C@@H]([C@H]5C[C@H]45)[C@@H]3C2=O)c1. The Bertz CT molecular complexity index is 818. The van der Waals surface area contributed by atoms with Crippen LogP contribution in [0.3, 0.4) is 0 Å². The van der Waals surface area contributed by atoms with Gasteiger partial charge in [-0.2, -0.15) is 0 Å². The normalized spacial score (nSPS) is 36.2. The van der Waals surface area contributed by atoms with Crippen LogP contribution < -0.4 is 5.32 Å². The molecule has 1 aromatic carbocycles. The summed E-state index contributed by atoms with van der Waals surface area (Å²) < 4.78 is 0. The highest BCUT2D eigenvalue weighted by Gasteiger charge is 2.67. The molecular formula is C21H22N2O3. The Morgan fingerprint density at radius 1 is 1.00 bits per heavy atom. The molecule has 1 N–H and O–H groups in total. The molecule has 3 fully saturated rings. The monoisotopic (exact) mass is 350 g/mol. The van der Waals surface area contributed by atoms with E-state index in [2.05, 4.69) is 17.5 Å². The molecular weight excluding hydrogens is 328 g/mol. The maximum absolute atomic E-state index is 12.9. The van der Waals surface area contributed by atoms with E-state index in [0.717, 1.165) is 17.5 Å². The van der Waals surface area contributed by atoms with Crippen LogP contribution in [0.4, 0.5) is 5.69 Å². The zero-order chi connectivity index (χ0) is 18.2. The first-order chi connectivity index (χ1) is 12.4. The third kappa shape index (κ3) is 2.19. The van der Waals surface area contributed by atoms with Crippen molar-refractivity contribution >= 4 is 23.4 Å². The maximum atomic E-state index is 12.9. The van der Waals surface area contributed by atoms with Gasteiger partial charge in [0, 0.05) is 5.69 Å². The van der Waals surface area contributed by atoms with Gasteiger partial charge < -0.3 is 5.32 Å². The number of hydrogen-bond acceptors (Lipinski definition) is 3. The first-order valence-corrected chi connectivity index (χ1v) is 9.36. The van der Waals surface area contributed by atoms with Crippen LogP contribution in [-0.2, 0) is 14.4 Å². The number of likely N-dealkylation sites (tertiary alicyclic amines) is 1. The van der Waals surface area contributed by atoms with E-state index in [9.17, 15) is 14.4 Å². The van der Waals surface area contributed by atoms with Gasteiger partial charge in [-0.3, -0.25) is 19.3 Å². The van der Waals surface area contributed by atoms with Crippen LogP contribution in [0.5, 0.6) is 0 Å². The van der Waals surface area contributed by atoms with Crippen molar-refractivity contribution in [2.24, 2.45) is 35.5 Å². The van der Waals surface area contributed by atoms with E-state index in [1.807, 2.05) is 32.0 Å². The molecule has 5 aliphatic rings. The molecule has 0 unspecified atom stereocenters. The van der Waals surface area contributed by atoms with Gasteiger partial charge in [0.2, 0.25) is 17.7 Å². The van der Waals surface area contributed by atoms with E-state index in [-0.39, 0.29) is 47.9 Å². The summed E-state index contributed by atoms with van der Waals surface area (Å²) >= 11 is 0. The molecule has 134 valence electrons. The summed E-state index contributed by atoms with van der Waals surface area (Å²) in [5, 5.41) is 2.83. The van der Waals surface area contributed by atoms with Crippen molar-refractivity contribution in [1.82, 2.24) is 4.90 Å². The van der Waals surface area contributed by atoms with Gasteiger partial charge in [0.1, 0.15) is 6.54 Å². The van der Waals surface area contributed by atoms with Crippen LogP contribution >= 0.6 is 0 Å². The van der Waals surface area contributed by atoms with Crippen molar-refractivity contribution < 1.29 is 14.4 Å². The smallest absolute Gasteiger partial charge is 0.244 e. The number of carbonyl (C=O) groups is 3. The summed E-state index contributed by atoms with van der Waals surface area (Å²) in [6, 6.07) is 5.80. The lowest BCUT2D eigenvalue weighted by molar-refractivity contribution is -0.142. The fraction of sp³-hybridized carbons (Fsp3) is 0.476. The average molecular weight is 350 g/mol. The van der Waals surface area contributed by atoms with Crippen molar-refractivity contribution in [3.63, 3.8) is 0 Å². The minimum absolute atomic E-state index is 0.153. The minimum Gasteiger partial charge on any atom is -0.325 e. The van der Waals surface area contributed by atoms with Gasteiger partial charge >= 0.3 is 0 Å². The zero-order valence-electron chi connectivity index (χ0n) is 14.9. The molecule has 2 saturated carbocycles. The molecule has 3 amide bonds. The van der Waals surface area contributed by atoms with E-state index >= 15 is 0 Å². The summed E-state index contributed by atoms with van der Waals surface area (Å²) in [5.74, 6) is 0.434. The van der Waals surface area contributed by atoms with E-state index in [1.54, 1.807) is 0 Å². The number of amides is 3. The predicted octanol–water partition coefficient (Wildman–Crippen LogP) is 2.30. The number of benzene rings is 1. The topological polar surface area (TPSA) is 66.5 Å². The lowest BCUT2D eigenvalue weighted by atomic mass is 9.63. The maximum Gasteiger partial charge on any atom is 0.244 e. The number of allylic oxidation sites excluding steroid dienone is 2. The fourth-order valence-electron chi connectivity index (χ4n) is 5.57. The average Bonchev–Trinajstić information content (AvgIpc) is 3.35. The summed E-state index contributed by atoms with van der Waals surface area (Å²) in [6.45, 7) is 3.75. The molecule has 1 saturated heterocycles. The number of anilines is 1. The lowest BCUT2D eigenvalue weighted by Crippen LogP contribution is -2.40. The molecule has 6 rings (SSSR count). The third-order valence-electron chi connectivity index (χ3n) is 6.56. The highest BCUT2D eigenvalue weighted by atomic mass is 16.2. The van der Waals surface area contributed by atoms with E-state index in [0.29, 0.717) is 17.5 Å². The van der Waals surface area contributed by atoms with Crippen LogP contribution in [-0.4, -0.2) is 29.2 Å². The Morgan fingerprint density at radius 2 is 1.54 bits per heavy atom. The molecule has 1 aromatic rings. The minimum atomic E-state index is -0.319. The van der Waals surface area contributed by atoms with E-state index in [4.69, 9.17) is 0 Å². The second kappa shape index (κ2) is 5.29. The Morgan fingerprint density at radius 3 is 2.08 bits per heavy atom. The van der Waals surface area contributed by atoms with Gasteiger partial charge in [-0.05, 0) is 67.2 Å². The Hall–Kier alpha value is -2.43. The molecule has 5 heteroatoms. The number of rotatable bonds is 3. The molecule has 5 nitrogen and oxygen atoms in total. The van der Waals surface area contributed by atoms with Gasteiger partial charge in [-0.25, -0.2) is 0 Å². The van der Waals surface area contributed by atoms with Crippen molar-refractivity contribution in [1.29, 1.82) is 0 Å². The van der Waals surface area contributed by atoms with Gasteiger partial charge in [0.05, 0.1) is 11.8 Å². The standard InChI is InChI=1S/C21H22N2O3/c1-10-5-11(2)7-12(6-10)22-17(24)9-23-20(25)18-13-3-4-14(16-8-15(13)16)19(18)21(23)26/h3-7,13-16,18-19H,8-9H2,1-2H3,(H,22,24)/t13-,14+,15-,16-,18+,19+/m1/s1. The number of nitrogens with zero attached hydrogens (tertiary/aromatic N) is 1. The summed E-state index contributed by atoms with van der Waals surface area (Å²) in [7, 11) is 0. The van der Waals surface area contributed by atoms with Crippen LogP contribution in [0.2, 0.25) is 0 Å². The second-order valence-electron chi connectivity index (χ2n) is 8.34. The molecule has 1 aliphatic heterocycles. The Labute approximate surface area is 152 Å². The summed E-state index contributed by atoms with van der Waals surface area (Å²) in [4.78, 5) is 39.4. The van der Waals surface area contributed by atoms with Crippen molar-refractivity contribution in [2.75, 3.05) is 11.9 Å². The molecule has 1 heterocycles. The first kappa shape index (κ1) is 15.8. The molecule has 0 radical (unpaired) electrons. The molecule has 26 heavy (non-hydrogen) atoms. The molecule has 0 spiro atoms. The quantitative estimate of drug-likeness (QED) is 0.672. The van der Waals surface area contributed by atoms with Crippen molar-refractivity contribution in [2.45, 2.75) is 20.3 Å². The van der Waals surface area contributed by atoms with Gasteiger partial charge in [0.25, 0.3) is 0 Å². The summed E-state index contributed by atoms with van der Waals surface area (Å²) in [6.07, 6.45) is 5.43. The first-order valence-electron chi connectivity index (χ1n) is 9.36. The van der Waals surface area contributed by atoms with Gasteiger partial charge in [-0.1, -0.05) is 18.2 Å². The van der Waals surface area contributed by atoms with Crippen LogP contribution in [0, 0.1) is 49.4 Å². The fourth-order valence-corrected chi connectivity index (χ4v) is 5.57. The third-order valence-corrected chi connectivity index (χ3v) is 6.56. The highest BCUT2D eigenvalue weighted by molar-refractivity contribution is 6.09. The van der Waals surface area contributed by atoms with Crippen molar-refractivity contribution in [3.05, 3.63) is 41.5 Å². The largest absolute Gasteiger partial charge is 0.325 e. The molecule has 4 aliphatic carbocycles. The second-order valence-corrected chi connectivity index (χ2v) is 8.34. The molecule has 0 aromatic heterocycles. The molecule has 6 atom stereocenters. The summed E-state index contributed by atoms with van der Waals surface area (Å²) in [5.41, 5.74) is 2.81. The van der Waals surface area contributed by atoms with Crippen LogP contribution in [0.25, 0.3) is 0 Å². The Kier molecular flexibility index (Phi) is 3.21. The van der Waals surface area contributed by atoms with E-state index < -0.39 is 0 Å². The number of aryl methyl sites for hydroxylation is 2. The van der Waals surface area contributed by atoms with Gasteiger partial charge in [-0.15, -0.1) is 0 Å². The van der Waals surface area contributed by atoms with Crippen LogP contribution in [0.15, 0.2) is 30.4 Å². The molecule has 2 bridgehead atoms. The van der Waals surface area contributed by atoms with Crippen LogP contribution in [0.1, 0.15) is 17.5 Å². The lowest BCUT2D eigenvalue weighted by Gasteiger charge is -2.37. The number of carbonyl (C=O) groups excluding carboxylic acids is 3. The Balaban J connectivity index is 1.33.